The van der Waals surface area contributed by atoms with Crippen molar-refractivity contribution >= 4 is 5.96 Å². The molecule has 0 radical (unpaired) electrons. The number of guanidine groups is 1. The zero-order valence-electron chi connectivity index (χ0n) is 14.4. The Balaban J connectivity index is 1.56. The van der Waals surface area contributed by atoms with Gasteiger partial charge in [0.15, 0.2) is 5.96 Å². The fourth-order valence-corrected chi connectivity index (χ4v) is 2.66. The minimum atomic E-state index is -4.34. The van der Waals surface area contributed by atoms with Gasteiger partial charge in [-0.05, 0) is 48.9 Å². The maximum absolute atomic E-state index is 12.6. The molecule has 2 aromatic rings. The van der Waals surface area contributed by atoms with Crippen LogP contribution in [-0.4, -0.2) is 30.5 Å². The summed E-state index contributed by atoms with van der Waals surface area (Å²) in [6.45, 7) is 5.42. The van der Waals surface area contributed by atoms with E-state index in [2.05, 4.69) is 22.1 Å². The molecule has 7 heteroatoms. The molecule has 2 aromatic carbocycles. The summed E-state index contributed by atoms with van der Waals surface area (Å²) in [6, 6.07) is 12.1. The Hall–Kier alpha value is -2.70. The second kappa shape index (κ2) is 7.68. The number of aliphatic imine (C=N–C) groups is 1. The van der Waals surface area contributed by atoms with Gasteiger partial charge in [0.1, 0.15) is 11.5 Å². The second-order valence-electron chi connectivity index (χ2n) is 5.91. The molecule has 0 bridgehead atoms. The average molecular weight is 363 g/mol. The average Bonchev–Trinajstić information content (AvgIpc) is 3.08. The smallest absolute Gasteiger partial charge is 0.416 e. The van der Waals surface area contributed by atoms with Gasteiger partial charge >= 0.3 is 6.18 Å². The summed E-state index contributed by atoms with van der Waals surface area (Å²) < 4.78 is 43.3. The Morgan fingerprint density at radius 3 is 2.23 bits per heavy atom. The fraction of sp³-hybridized carbons (Fsp3) is 0.316. The standard InChI is InChI=1S/C19H20F3N3O/c1-2-25-12-11-23-18(25)24-13-14-3-7-16(8-4-14)26-17-9-5-15(6-10-17)19(20,21)22/h3-10H,2,11-13H2,1H3,(H,23,24). The van der Waals surface area contributed by atoms with Gasteiger partial charge in [-0.2, -0.15) is 13.2 Å². The number of rotatable bonds is 5. The van der Waals surface area contributed by atoms with E-state index in [1.54, 1.807) is 12.1 Å². The van der Waals surface area contributed by atoms with Crippen LogP contribution in [0.3, 0.4) is 0 Å². The monoisotopic (exact) mass is 363 g/mol. The van der Waals surface area contributed by atoms with Gasteiger partial charge in [-0.1, -0.05) is 12.1 Å². The Bertz CT molecular complexity index is 755. The highest BCUT2D eigenvalue weighted by molar-refractivity contribution is 5.81. The first kappa shape index (κ1) is 18.1. The van der Waals surface area contributed by atoms with Crippen molar-refractivity contribution in [1.29, 1.82) is 0 Å². The van der Waals surface area contributed by atoms with Gasteiger partial charge < -0.3 is 15.0 Å². The minimum absolute atomic E-state index is 0.364. The van der Waals surface area contributed by atoms with E-state index in [-0.39, 0.29) is 0 Å². The number of hydrogen-bond donors (Lipinski definition) is 1. The van der Waals surface area contributed by atoms with E-state index < -0.39 is 11.7 Å². The molecule has 26 heavy (non-hydrogen) atoms. The van der Waals surface area contributed by atoms with Crippen LogP contribution in [0.15, 0.2) is 53.5 Å². The number of halogens is 3. The Labute approximate surface area is 150 Å². The second-order valence-corrected chi connectivity index (χ2v) is 5.91. The molecule has 1 N–H and O–H groups in total. The van der Waals surface area contributed by atoms with Gasteiger partial charge in [-0.3, -0.25) is 4.99 Å². The molecule has 0 aliphatic carbocycles. The normalized spacial score (nSPS) is 14.3. The molecule has 1 heterocycles. The quantitative estimate of drug-likeness (QED) is 0.862. The van der Waals surface area contributed by atoms with E-state index in [4.69, 9.17) is 4.74 Å². The van der Waals surface area contributed by atoms with Gasteiger partial charge in [0, 0.05) is 19.6 Å². The van der Waals surface area contributed by atoms with E-state index in [0.717, 1.165) is 43.3 Å². The molecular formula is C19H20F3N3O. The van der Waals surface area contributed by atoms with E-state index >= 15 is 0 Å². The van der Waals surface area contributed by atoms with E-state index in [9.17, 15) is 13.2 Å². The first-order valence-corrected chi connectivity index (χ1v) is 8.43. The molecule has 1 aliphatic heterocycles. The largest absolute Gasteiger partial charge is 0.457 e. The Morgan fingerprint density at radius 2 is 1.65 bits per heavy atom. The number of nitrogens with one attached hydrogen (secondary N) is 1. The molecule has 0 amide bonds. The van der Waals surface area contributed by atoms with Crippen molar-refractivity contribution in [2.24, 2.45) is 4.99 Å². The number of hydrogen-bond acceptors (Lipinski definition) is 4. The molecule has 0 saturated carbocycles. The van der Waals surface area contributed by atoms with E-state index in [1.807, 2.05) is 12.1 Å². The molecule has 0 fully saturated rings. The number of ether oxygens (including phenoxy) is 1. The molecule has 0 saturated heterocycles. The Morgan fingerprint density at radius 1 is 1.04 bits per heavy atom. The van der Waals surface area contributed by atoms with Crippen LogP contribution in [0.25, 0.3) is 0 Å². The molecule has 4 nitrogen and oxygen atoms in total. The molecule has 138 valence electrons. The summed E-state index contributed by atoms with van der Waals surface area (Å²) in [5, 5.41) is 3.32. The highest BCUT2D eigenvalue weighted by atomic mass is 19.4. The molecule has 1 aliphatic rings. The predicted molar refractivity (Wildman–Crippen MR) is 94.3 cm³/mol. The zero-order valence-corrected chi connectivity index (χ0v) is 14.4. The van der Waals surface area contributed by atoms with Crippen LogP contribution < -0.4 is 10.1 Å². The fourth-order valence-electron chi connectivity index (χ4n) is 2.66. The predicted octanol–water partition coefficient (Wildman–Crippen LogP) is 4.28. The van der Waals surface area contributed by atoms with Gasteiger partial charge in [-0.25, -0.2) is 0 Å². The first-order valence-electron chi connectivity index (χ1n) is 8.43. The summed E-state index contributed by atoms with van der Waals surface area (Å²) >= 11 is 0. The third-order valence-corrected chi connectivity index (χ3v) is 4.10. The van der Waals surface area contributed by atoms with Crippen molar-refractivity contribution in [2.75, 3.05) is 19.6 Å². The molecular weight excluding hydrogens is 343 g/mol. The Kier molecular flexibility index (Phi) is 5.35. The van der Waals surface area contributed by atoms with Crippen molar-refractivity contribution in [3.05, 3.63) is 59.7 Å². The van der Waals surface area contributed by atoms with E-state index in [1.165, 1.54) is 12.1 Å². The highest BCUT2D eigenvalue weighted by Gasteiger charge is 2.30. The van der Waals surface area contributed by atoms with Crippen LogP contribution in [0.1, 0.15) is 18.1 Å². The summed E-state index contributed by atoms with van der Waals surface area (Å²) in [7, 11) is 0. The maximum atomic E-state index is 12.6. The van der Waals surface area contributed by atoms with Gasteiger partial charge in [0.25, 0.3) is 0 Å². The summed E-state index contributed by atoms with van der Waals surface area (Å²) in [4.78, 5) is 6.61. The van der Waals surface area contributed by atoms with Gasteiger partial charge in [0.05, 0.1) is 12.1 Å². The van der Waals surface area contributed by atoms with Crippen molar-refractivity contribution in [2.45, 2.75) is 19.6 Å². The third-order valence-electron chi connectivity index (χ3n) is 4.10. The van der Waals surface area contributed by atoms with Crippen molar-refractivity contribution < 1.29 is 17.9 Å². The van der Waals surface area contributed by atoms with Crippen LogP contribution in [0, 0.1) is 0 Å². The van der Waals surface area contributed by atoms with Crippen molar-refractivity contribution in [3.8, 4) is 11.5 Å². The van der Waals surface area contributed by atoms with Crippen LogP contribution in [-0.2, 0) is 12.7 Å². The summed E-state index contributed by atoms with van der Waals surface area (Å²) in [5.41, 5.74) is 0.373. The van der Waals surface area contributed by atoms with Gasteiger partial charge in [-0.15, -0.1) is 0 Å². The molecule has 3 rings (SSSR count). The lowest BCUT2D eigenvalue weighted by Crippen LogP contribution is -2.37. The third kappa shape index (κ3) is 4.47. The number of nitrogens with zero attached hydrogens (tertiary/aromatic N) is 2. The minimum Gasteiger partial charge on any atom is -0.457 e. The van der Waals surface area contributed by atoms with Gasteiger partial charge in [0.2, 0.25) is 0 Å². The van der Waals surface area contributed by atoms with Crippen molar-refractivity contribution in [1.82, 2.24) is 10.2 Å². The van der Waals surface area contributed by atoms with Crippen LogP contribution in [0.4, 0.5) is 13.2 Å². The number of alkyl halides is 3. The topological polar surface area (TPSA) is 36.9 Å². The zero-order chi connectivity index (χ0) is 18.6. The van der Waals surface area contributed by atoms with Crippen LogP contribution in [0.5, 0.6) is 11.5 Å². The molecule has 0 unspecified atom stereocenters. The number of likely N-dealkylation sites (N-methyl/N-ethyl adjacent to an activating group) is 1. The SMILES string of the molecule is CCN1CCN=C1NCc1ccc(Oc2ccc(C(F)(F)F)cc2)cc1. The van der Waals surface area contributed by atoms with Crippen LogP contribution in [0.2, 0.25) is 0 Å². The lowest BCUT2D eigenvalue weighted by Gasteiger charge is -2.18. The number of benzene rings is 2. The molecule has 0 atom stereocenters. The van der Waals surface area contributed by atoms with Crippen molar-refractivity contribution in [3.63, 3.8) is 0 Å². The first-order chi connectivity index (χ1) is 12.5. The van der Waals surface area contributed by atoms with Crippen LogP contribution >= 0.6 is 0 Å². The summed E-state index contributed by atoms with van der Waals surface area (Å²) in [5.74, 6) is 1.85. The lowest BCUT2D eigenvalue weighted by molar-refractivity contribution is -0.137. The molecule has 0 aromatic heterocycles. The van der Waals surface area contributed by atoms with E-state index in [0.29, 0.717) is 18.0 Å². The lowest BCUT2D eigenvalue weighted by atomic mass is 10.2. The highest BCUT2D eigenvalue weighted by Crippen LogP contribution is 2.31. The summed E-state index contributed by atoms with van der Waals surface area (Å²) in [6.07, 6.45) is -4.34. The molecule has 0 spiro atoms. The maximum Gasteiger partial charge on any atom is 0.416 e.